The van der Waals surface area contributed by atoms with Crippen molar-refractivity contribution in [2.45, 2.75) is 23.6 Å². The van der Waals surface area contributed by atoms with Gasteiger partial charge in [-0.25, -0.2) is 0 Å². The topological polar surface area (TPSA) is 54.9 Å². The number of amides is 1. The van der Waals surface area contributed by atoms with E-state index in [4.69, 9.17) is 0 Å². The molecule has 1 saturated carbocycles. The first kappa shape index (κ1) is 15.1. The van der Waals surface area contributed by atoms with Crippen LogP contribution in [0.15, 0.2) is 59.6 Å². The van der Waals surface area contributed by atoms with E-state index in [1.807, 2.05) is 12.1 Å². The van der Waals surface area contributed by atoms with E-state index in [9.17, 15) is 4.79 Å². The number of hydrogen-bond donors (Lipinski definition) is 1. The minimum atomic E-state index is 0.0560. The van der Waals surface area contributed by atoms with Crippen LogP contribution >= 0.6 is 11.8 Å². The van der Waals surface area contributed by atoms with Gasteiger partial charge in [0.2, 0.25) is 5.91 Å². The van der Waals surface area contributed by atoms with Gasteiger partial charge in [-0.2, -0.15) is 0 Å². The smallest absolute Gasteiger partial charge is 0.228 e. The first-order valence-corrected chi connectivity index (χ1v) is 9.02. The molecule has 1 heterocycles. The van der Waals surface area contributed by atoms with Crippen LogP contribution in [0.3, 0.4) is 0 Å². The van der Waals surface area contributed by atoms with Gasteiger partial charge >= 0.3 is 0 Å². The quantitative estimate of drug-likeness (QED) is 0.708. The Balaban J connectivity index is 1.42. The van der Waals surface area contributed by atoms with Gasteiger partial charge in [0.25, 0.3) is 0 Å². The molecule has 0 radical (unpaired) electrons. The lowest BCUT2D eigenvalue weighted by Crippen LogP contribution is -2.14. The molecule has 3 aromatic rings. The molecule has 1 aliphatic carbocycles. The molecule has 5 heteroatoms. The Hall–Kier alpha value is -2.40. The van der Waals surface area contributed by atoms with E-state index in [1.54, 1.807) is 11.8 Å². The third-order valence-corrected chi connectivity index (χ3v) is 5.06. The number of aromatic nitrogens is 2. The summed E-state index contributed by atoms with van der Waals surface area (Å²) in [5.41, 5.74) is 1.28. The molecule has 1 aromatic heterocycles. The van der Waals surface area contributed by atoms with E-state index in [-0.39, 0.29) is 11.8 Å². The van der Waals surface area contributed by atoms with Crippen molar-refractivity contribution in [3.63, 3.8) is 0 Å². The van der Waals surface area contributed by atoms with E-state index in [0.717, 1.165) is 23.6 Å². The van der Waals surface area contributed by atoms with Gasteiger partial charge in [-0.1, -0.05) is 54.2 Å². The molecule has 1 fully saturated rings. The molecular formula is C19H17N3OS. The number of nitrogens with one attached hydrogen (secondary N) is 1. The normalized spacial score (nSPS) is 13.8. The number of carbonyl (C=O) groups excluding carboxylic acids is 1. The fraction of sp³-hybridized carbons (Fsp3) is 0.211. The highest BCUT2D eigenvalue weighted by atomic mass is 32.2. The predicted octanol–water partition coefficient (Wildman–Crippen LogP) is 4.27. The molecule has 1 amide bonds. The maximum absolute atomic E-state index is 11.7. The van der Waals surface area contributed by atoms with Gasteiger partial charge in [0.1, 0.15) is 5.03 Å². The van der Waals surface area contributed by atoms with Crippen molar-refractivity contribution in [2.75, 3.05) is 5.32 Å². The number of rotatable bonds is 5. The van der Waals surface area contributed by atoms with E-state index in [1.165, 1.54) is 16.3 Å². The van der Waals surface area contributed by atoms with Crippen LogP contribution in [0.4, 0.5) is 5.82 Å². The van der Waals surface area contributed by atoms with E-state index in [2.05, 4.69) is 58.0 Å². The van der Waals surface area contributed by atoms with Crippen molar-refractivity contribution < 1.29 is 4.79 Å². The molecule has 4 nitrogen and oxygen atoms in total. The summed E-state index contributed by atoms with van der Waals surface area (Å²) in [4.78, 5) is 11.7. The SMILES string of the molecule is O=C(Nc1ccc(SCc2cccc3ccccc23)nn1)C1CC1. The van der Waals surface area contributed by atoms with Crippen molar-refractivity contribution in [3.05, 3.63) is 60.2 Å². The lowest BCUT2D eigenvalue weighted by Gasteiger charge is -2.06. The second-order valence-electron chi connectivity index (χ2n) is 5.95. The number of benzene rings is 2. The van der Waals surface area contributed by atoms with E-state index < -0.39 is 0 Å². The fourth-order valence-electron chi connectivity index (χ4n) is 2.61. The summed E-state index contributed by atoms with van der Waals surface area (Å²) >= 11 is 1.65. The standard InChI is InChI=1S/C19H17N3OS/c23-19(14-8-9-14)20-17-10-11-18(22-21-17)24-12-15-6-3-5-13-4-1-2-7-16(13)15/h1-7,10-11,14H,8-9,12H2,(H,20,21,23). The van der Waals surface area contributed by atoms with Crippen molar-refractivity contribution in [1.29, 1.82) is 0 Å². The Morgan fingerprint density at radius 2 is 1.88 bits per heavy atom. The first-order valence-electron chi connectivity index (χ1n) is 8.03. The number of fused-ring (bicyclic) bond motifs is 1. The summed E-state index contributed by atoms with van der Waals surface area (Å²) in [5, 5.41) is 14.5. The molecule has 24 heavy (non-hydrogen) atoms. The Kier molecular flexibility index (Phi) is 4.17. The number of carbonyl (C=O) groups is 1. The molecular weight excluding hydrogens is 318 g/mol. The fourth-order valence-corrected chi connectivity index (χ4v) is 3.43. The molecule has 0 aliphatic heterocycles. The summed E-state index contributed by atoms with van der Waals surface area (Å²) in [5.74, 6) is 1.60. The zero-order valence-corrected chi connectivity index (χ0v) is 13.9. The number of nitrogens with zero attached hydrogens (tertiary/aromatic N) is 2. The third kappa shape index (κ3) is 3.41. The van der Waals surface area contributed by atoms with Crippen molar-refractivity contribution in [2.24, 2.45) is 5.92 Å². The van der Waals surface area contributed by atoms with Gasteiger partial charge in [0, 0.05) is 11.7 Å². The average molecular weight is 335 g/mol. The Bertz CT molecular complexity index is 870. The van der Waals surface area contributed by atoms with Crippen molar-refractivity contribution >= 4 is 34.3 Å². The summed E-state index contributed by atoms with van der Waals surface area (Å²) in [6.45, 7) is 0. The minimum Gasteiger partial charge on any atom is -0.309 e. The first-order chi connectivity index (χ1) is 11.8. The molecule has 0 spiro atoms. The van der Waals surface area contributed by atoms with Gasteiger partial charge in [-0.3, -0.25) is 4.79 Å². The Morgan fingerprint density at radius 3 is 2.67 bits per heavy atom. The van der Waals surface area contributed by atoms with Crippen LogP contribution in [0, 0.1) is 5.92 Å². The highest BCUT2D eigenvalue weighted by Gasteiger charge is 2.29. The molecule has 1 aliphatic rings. The van der Waals surface area contributed by atoms with Crippen molar-refractivity contribution in [1.82, 2.24) is 10.2 Å². The van der Waals surface area contributed by atoms with E-state index >= 15 is 0 Å². The van der Waals surface area contributed by atoms with Crippen LogP contribution in [0.5, 0.6) is 0 Å². The van der Waals surface area contributed by atoms with Gasteiger partial charge in [0.15, 0.2) is 5.82 Å². The molecule has 0 saturated heterocycles. The second kappa shape index (κ2) is 6.61. The molecule has 4 rings (SSSR count). The molecule has 0 unspecified atom stereocenters. The number of thioether (sulfide) groups is 1. The molecule has 1 N–H and O–H groups in total. The molecule has 2 aromatic carbocycles. The Labute approximate surface area is 144 Å². The maximum Gasteiger partial charge on any atom is 0.228 e. The zero-order valence-electron chi connectivity index (χ0n) is 13.1. The molecule has 0 bridgehead atoms. The van der Waals surface area contributed by atoms with Crippen LogP contribution in [0.1, 0.15) is 18.4 Å². The lowest BCUT2D eigenvalue weighted by molar-refractivity contribution is -0.117. The second-order valence-corrected chi connectivity index (χ2v) is 6.94. The summed E-state index contributed by atoms with van der Waals surface area (Å²) in [6.07, 6.45) is 1.97. The minimum absolute atomic E-state index is 0.0560. The largest absolute Gasteiger partial charge is 0.309 e. The average Bonchev–Trinajstić information content (AvgIpc) is 3.46. The van der Waals surface area contributed by atoms with Gasteiger partial charge < -0.3 is 5.32 Å². The van der Waals surface area contributed by atoms with Crippen molar-refractivity contribution in [3.8, 4) is 0 Å². The van der Waals surface area contributed by atoms with Gasteiger partial charge in [0.05, 0.1) is 0 Å². The monoisotopic (exact) mass is 335 g/mol. The summed E-state index contributed by atoms with van der Waals surface area (Å²) in [7, 11) is 0. The summed E-state index contributed by atoms with van der Waals surface area (Å²) < 4.78 is 0. The van der Waals surface area contributed by atoms with E-state index in [0.29, 0.717) is 5.82 Å². The van der Waals surface area contributed by atoms with Crippen LogP contribution in [-0.4, -0.2) is 16.1 Å². The lowest BCUT2D eigenvalue weighted by atomic mass is 10.1. The van der Waals surface area contributed by atoms with Crippen LogP contribution < -0.4 is 5.32 Å². The predicted molar refractivity (Wildman–Crippen MR) is 96.9 cm³/mol. The van der Waals surface area contributed by atoms with Crippen LogP contribution in [0.25, 0.3) is 10.8 Å². The maximum atomic E-state index is 11.7. The third-order valence-electron chi connectivity index (χ3n) is 4.09. The molecule has 120 valence electrons. The van der Waals surface area contributed by atoms with Crippen LogP contribution in [0.2, 0.25) is 0 Å². The Morgan fingerprint density at radius 1 is 1.04 bits per heavy atom. The number of hydrogen-bond acceptors (Lipinski definition) is 4. The number of anilines is 1. The highest BCUT2D eigenvalue weighted by molar-refractivity contribution is 7.98. The molecule has 0 atom stereocenters. The summed E-state index contributed by atoms with van der Waals surface area (Å²) in [6, 6.07) is 18.5. The van der Waals surface area contributed by atoms with Crippen LogP contribution in [-0.2, 0) is 10.5 Å². The zero-order chi connectivity index (χ0) is 16.4. The highest BCUT2D eigenvalue weighted by Crippen LogP contribution is 2.30. The van der Waals surface area contributed by atoms with Gasteiger partial charge in [-0.05, 0) is 41.3 Å². The van der Waals surface area contributed by atoms with Gasteiger partial charge in [-0.15, -0.1) is 10.2 Å².